The fourth-order valence-corrected chi connectivity index (χ4v) is 1.08. The summed E-state index contributed by atoms with van der Waals surface area (Å²) in [5.41, 5.74) is 5.19. The maximum absolute atomic E-state index is 11.0. The Morgan fingerprint density at radius 3 is 2.00 bits per heavy atom. The summed E-state index contributed by atoms with van der Waals surface area (Å²) in [5.74, 6) is -0.404. The predicted octanol–water partition coefficient (Wildman–Crippen LogP) is 0.700. The van der Waals surface area contributed by atoms with Crippen LogP contribution in [-0.4, -0.2) is 29.9 Å². The fourth-order valence-electron chi connectivity index (χ4n) is 1.08. The van der Waals surface area contributed by atoms with Crippen LogP contribution in [0.25, 0.3) is 0 Å². The van der Waals surface area contributed by atoms with E-state index in [4.69, 9.17) is 5.73 Å². The molecule has 0 aromatic carbocycles. The van der Waals surface area contributed by atoms with Crippen molar-refractivity contribution in [2.75, 3.05) is 13.1 Å². The van der Waals surface area contributed by atoms with Crippen LogP contribution in [0.3, 0.4) is 0 Å². The molecule has 0 radical (unpaired) electrons. The highest BCUT2D eigenvalue weighted by Crippen LogP contribution is 2.00. The van der Waals surface area contributed by atoms with Gasteiger partial charge in [-0.25, -0.2) is 0 Å². The maximum atomic E-state index is 11.0. The molecule has 2 N–H and O–H groups in total. The third kappa shape index (κ3) is 3.71. The lowest BCUT2D eigenvalue weighted by molar-refractivity contribution is -0.121. The third-order valence-corrected chi connectivity index (χ3v) is 1.64. The summed E-state index contributed by atoms with van der Waals surface area (Å²) < 4.78 is 0. The molecule has 0 aliphatic rings. The molecule has 1 amide bonds. The van der Waals surface area contributed by atoms with E-state index in [1.54, 1.807) is 12.2 Å². The highest BCUT2D eigenvalue weighted by Gasteiger charge is 2.17. The Morgan fingerprint density at radius 2 is 1.77 bits per heavy atom. The van der Waals surface area contributed by atoms with Gasteiger partial charge >= 0.3 is 0 Å². The maximum Gasteiger partial charge on any atom is 0.238 e. The Morgan fingerprint density at radius 1 is 1.31 bits per heavy atom. The Kier molecular flexibility index (Phi) is 5.55. The number of hydrogen-bond acceptors (Lipinski definition) is 2. The van der Waals surface area contributed by atoms with Gasteiger partial charge in [-0.1, -0.05) is 18.2 Å². The average Bonchev–Trinajstić information content (AvgIpc) is 2.05. The SMILES string of the molecule is C=CCN(CC=C)C(C=C)C(N)=O. The molecule has 0 saturated heterocycles. The van der Waals surface area contributed by atoms with Gasteiger partial charge in [0.15, 0.2) is 0 Å². The van der Waals surface area contributed by atoms with Gasteiger partial charge in [0.2, 0.25) is 5.91 Å². The van der Waals surface area contributed by atoms with Crippen LogP contribution < -0.4 is 5.73 Å². The van der Waals surface area contributed by atoms with Gasteiger partial charge in [-0.2, -0.15) is 0 Å². The Labute approximate surface area is 79.2 Å². The van der Waals surface area contributed by atoms with Crippen LogP contribution in [-0.2, 0) is 4.79 Å². The third-order valence-electron chi connectivity index (χ3n) is 1.64. The van der Waals surface area contributed by atoms with Crippen LogP contribution in [0.4, 0.5) is 0 Å². The zero-order valence-corrected chi connectivity index (χ0v) is 7.78. The average molecular weight is 180 g/mol. The van der Waals surface area contributed by atoms with E-state index in [1.807, 2.05) is 4.90 Å². The topological polar surface area (TPSA) is 46.3 Å². The van der Waals surface area contributed by atoms with Crippen molar-refractivity contribution in [3.05, 3.63) is 38.0 Å². The van der Waals surface area contributed by atoms with Gasteiger partial charge in [0, 0.05) is 13.1 Å². The molecule has 0 aliphatic heterocycles. The first-order valence-electron chi connectivity index (χ1n) is 4.05. The number of hydrogen-bond donors (Lipinski definition) is 1. The minimum absolute atomic E-state index is 0.404. The lowest BCUT2D eigenvalue weighted by atomic mass is 10.2. The van der Waals surface area contributed by atoms with Gasteiger partial charge in [-0.15, -0.1) is 19.7 Å². The van der Waals surface area contributed by atoms with Gasteiger partial charge in [0.25, 0.3) is 0 Å². The van der Waals surface area contributed by atoms with Gasteiger partial charge in [0.05, 0.1) is 0 Å². The van der Waals surface area contributed by atoms with Crippen LogP contribution in [0, 0.1) is 0 Å². The van der Waals surface area contributed by atoms with Crippen molar-refractivity contribution in [3.63, 3.8) is 0 Å². The van der Waals surface area contributed by atoms with Crippen molar-refractivity contribution in [2.45, 2.75) is 6.04 Å². The number of carbonyl (C=O) groups excluding carboxylic acids is 1. The van der Waals surface area contributed by atoms with Crippen molar-refractivity contribution in [1.29, 1.82) is 0 Å². The van der Waals surface area contributed by atoms with E-state index in [2.05, 4.69) is 19.7 Å². The number of amides is 1. The van der Waals surface area contributed by atoms with Crippen LogP contribution in [0.1, 0.15) is 0 Å². The smallest absolute Gasteiger partial charge is 0.238 e. The van der Waals surface area contributed by atoms with Crippen LogP contribution >= 0.6 is 0 Å². The van der Waals surface area contributed by atoms with Gasteiger partial charge in [-0.05, 0) is 0 Å². The first-order valence-corrected chi connectivity index (χ1v) is 4.05. The minimum Gasteiger partial charge on any atom is -0.368 e. The van der Waals surface area contributed by atoms with Crippen molar-refractivity contribution in [2.24, 2.45) is 5.73 Å². The summed E-state index contributed by atoms with van der Waals surface area (Å²) in [6, 6.07) is -0.448. The second-order valence-corrected chi connectivity index (χ2v) is 2.61. The van der Waals surface area contributed by atoms with Crippen molar-refractivity contribution >= 4 is 5.91 Å². The highest BCUT2D eigenvalue weighted by molar-refractivity contribution is 5.81. The lowest BCUT2D eigenvalue weighted by Gasteiger charge is -2.24. The molecule has 0 aliphatic carbocycles. The summed E-state index contributed by atoms with van der Waals surface area (Å²) in [6.45, 7) is 11.9. The van der Waals surface area contributed by atoms with E-state index >= 15 is 0 Å². The molecule has 0 rings (SSSR count). The van der Waals surface area contributed by atoms with Gasteiger partial charge in [0.1, 0.15) is 6.04 Å². The first kappa shape index (κ1) is 11.6. The van der Waals surface area contributed by atoms with Gasteiger partial charge in [-0.3, -0.25) is 9.69 Å². The number of nitrogens with zero attached hydrogens (tertiary/aromatic N) is 1. The van der Waals surface area contributed by atoms with Crippen molar-refractivity contribution in [1.82, 2.24) is 4.90 Å². The van der Waals surface area contributed by atoms with Crippen LogP contribution in [0.2, 0.25) is 0 Å². The molecule has 1 unspecified atom stereocenters. The van der Waals surface area contributed by atoms with E-state index < -0.39 is 11.9 Å². The summed E-state index contributed by atoms with van der Waals surface area (Å²) in [5, 5.41) is 0. The Bertz CT molecular complexity index is 201. The molecule has 3 nitrogen and oxygen atoms in total. The van der Waals surface area contributed by atoms with Crippen LogP contribution in [0.5, 0.6) is 0 Å². The molecule has 0 fully saturated rings. The van der Waals surface area contributed by atoms with E-state index in [9.17, 15) is 4.79 Å². The number of carbonyl (C=O) groups is 1. The summed E-state index contributed by atoms with van der Waals surface area (Å²) >= 11 is 0. The molecule has 0 aromatic heterocycles. The molecule has 13 heavy (non-hydrogen) atoms. The van der Waals surface area contributed by atoms with E-state index in [0.717, 1.165) is 0 Å². The molecule has 1 atom stereocenters. The lowest BCUT2D eigenvalue weighted by Crippen LogP contribution is -2.43. The second-order valence-electron chi connectivity index (χ2n) is 2.61. The number of nitrogens with two attached hydrogens (primary N) is 1. The van der Waals surface area contributed by atoms with E-state index in [-0.39, 0.29) is 0 Å². The summed E-state index contributed by atoms with van der Waals surface area (Å²) in [4.78, 5) is 12.8. The predicted molar refractivity (Wildman–Crippen MR) is 55.1 cm³/mol. The Balaban J connectivity index is 4.45. The summed E-state index contributed by atoms with van der Waals surface area (Å²) in [7, 11) is 0. The minimum atomic E-state index is -0.448. The molecular formula is C10H16N2O. The molecule has 0 aromatic rings. The molecule has 0 bridgehead atoms. The second kappa shape index (κ2) is 6.20. The number of primary amides is 1. The van der Waals surface area contributed by atoms with Crippen molar-refractivity contribution < 1.29 is 4.79 Å². The van der Waals surface area contributed by atoms with Crippen molar-refractivity contribution in [3.8, 4) is 0 Å². The first-order chi connectivity index (χ1) is 6.17. The quantitative estimate of drug-likeness (QED) is 0.586. The molecule has 0 spiro atoms. The molecule has 72 valence electrons. The standard InChI is InChI=1S/C10H16N2O/c1-4-7-12(8-5-2)9(6-3)10(11)13/h4-6,9H,1-3,7-8H2,(H2,11,13). The normalized spacial score (nSPS) is 12.1. The molecular weight excluding hydrogens is 164 g/mol. The highest BCUT2D eigenvalue weighted by atomic mass is 16.1. The zero-order chi connectivity index (χ0) is 10.3. The fraction of sp³-hybridized carbons (Fsp3) is 0.300. The monoisotopic (exact) mass is 180 g/mol. The largest absolute Gasteiger partial charge is 0.368 e. The zero-order valence-electron chi connectivity index (χ0n) is 7.78. The van der Waals surface area contributed by atoms with Gasteiger partial charge < -0.3 is 5.73 Å². The molecule has 3 heteroatoms. The Hall–Kier alpha value is -1.35. The summed E-state index contributed by atoms with van der Waals surface area (Å²) in [6.07, 6.45) is 4.95. The number of rotatable bonds is 7. The van der Waals surface area contributed by atoms with E-state index in [0.29, 0.717) is 13.1 Å². The molecule has 0 heterocycles. The van der Waals surface area contributed by atoms with Crippen LogP contribution in [0.15, 0.2) is 38.0 Å². The molecule has 0 saturated carbocycles. The van der Waals surface area contributed by atoms with E-state index in [1.165, 1.54) is 6.08 Å².